The molecule has 0 saturated heterocycles. The zero-order valence-electron chi connectivity index (χ0n) is 22.6. The Kier molecular flexibility index (Phi) is 8.39. The average Bonchev–Trinajstić information content (AvgIpc) is 3.00. The fourth-order valence-electron chi connectivity index (χ4n) is 3.44. The first kappa shape index (κ1) is 30.4. The van der Waals surface area contributed by atoms with Crippen LogP contribution < -0.4 is 0 Å². The number of alkyl halides is 3. The Labute approximate surface area is 218 Å². The summed E-state index contributed by atoms with van der Waals surface area (Å²) >= 11 is 0. The van der Waals surface area contributed by atoms with Crippen molar-refractivity contribution in [1.29, 1.82) is 0 Å². The Balaban J connectivity index is 2.84. The minimum absolute atomic E-state index is 0.0114. The van der Waals surface area contributed by atoms with Gasteiger partial charge in [0.2, 0.25) is 5.54 Å². The van der Waals surface area contributed by atoms with E-state index >= 15 is 0 Å². The molecule has 2 amide bonds. The van der Waals surface area contributed by atoms with E-state index in [4.69, 9.17) is 19.1 Å². The Bertz CT molecular complexity index is 1140. The van der Waals surface area contributed by atoms with E-state index < -0.39 is 46.6 Å². The second-order valence-corrected chi connectivity index (χ2v) is 10.3. The number of hydrogen-bond acceptors (Lipinski definition) is 9. The van der Waals surface area contributed by atoms with Crippen molar-refractivity contribution in [3.8, 4) is 0 Å². The number of amides is 2. The van der Waals surface area contributed by atoms with Crippen LogP contribution in [0.25, 0.3) is 0 Å². The van der Waals surface area contributed by atoms with E-state index in [2.05, 4.69) is 10.3 Å². The lowest BCUT2D eigenvalue weighted by Crippen LogP contribution is -2.66. The lowest BCUT2D eigenvalue weighted by molar-refractivity contribution is -0.169. The van der Waals surface area contributed by atoms with Crippen molar-refractivity contribution >= 4 is 29.6 Å². The molecule has 0 spiro atoms. The van der Waals surface area contributed by atoms with Crippen molar-refractivity contribution < 1.29 is 46.7 Å². The second kappa shape index (κ2) is 10.5. The van der Waals surface area contributed by atoms with Gasteiger partial charge < -0.3 is 14.3 Å². The number of hydrogen-bond donors (Lipinski definition) is 0. The first-order valence-electron chi connectivity index (χ1n) is 11.3. The maximum absolute atomic E-state index is 13.7. The van der Waals surface area contributed by atoms with Gasteiger partial charge in [-0.1, -0.05) is 17.3 Å². The zero-order valence-corrected chi connectivity index (χ0v) is 22.6. The van der Waals surface area contributed by atoms with Crippen molar-refractivity contribution in [2.24, 2.45) is 10.3 Å². The van der Waals surface area contributed by atoms with Crippen LogP contribution in [0, 0.1) is 0 Å². The highest BCUT2D eigenvalue weighted by Crippen LogP contribution is 2.36. The van der Waals surface area contributed by atoms with Crippen LogP contribution >= 0.6 is 0 Å². The predicted molar refractivity (Wildman–Crippen MR) is 129 cm³/mol. The zero-order chi connectivity index (χ0) is 29.3. The standard InChI is InChI=1S/C24H31F3N4O7/c1-14(29-35-9)23(31(19(33)36-21(2,3)4)38-20(34)37-22(5,6)7)17(28-30(8)18(23)32)15-10-12-16(13-11-15)24(25,26)27/h10-13H,1-9H3. The van der Waals surface area contributed by atoms with Gasteiger partial charge in [-0.25, -0.2) is 14.6 Å². The molecule has 0 bridgehead atoms. The molecule has 0 aliphatic carbocycles. The Morgan fingerprint density at radius 3 is 1.97 bits per heavy atom. The molecule has 1 atom stereocenters. The van der Waals surface area contributed by atoms with Gasteiger partial charge in [0.15, 0.2) is 0 Å². The van der Waals surface area contributed by atoms with E-state index in [1.807, 2.05) is 0 Å². The van der Waals surface area contributed by atoms with E-state index in [1.54, 1.807) is 20.8 Å². The fraction of sp³-hybridized carbons (Fsp3) is 0.542. The quantitative estimate of drug-likeness (QED) is 0.305. The summed E-state index contributed by atoms with van der Waals surface area (Å²) in [4.78, 5) is 50.1. The largest absolute Gasteiger partial charge is 0.534 e. The van der Waals surface area contributed by atoms with Crippen LogP contribution in [0.15, 0.2) is 34.5 Å². The van der Waals surface area contributed by atoms with Crippen LogP contribution in [-0.4, -0.2) is 70.5 Å². The molecule has 0 radical (unpaired) electrons. The molecule has 1 heterocycles. The molecule has 0 aromatic heterocycles. The van der Waals surface area contributed by atoms with Gasteiger partial charge in [-0.3, -0.25) is 9.63 Å². The lowest BCUT2D eigenvalue weighted by atomic mass is 9.83. The van der Waals surface area contributed by atoms with Crippen molar-refractivity contribution in [1.82, 2.24) is 10.1 Å². The third-order valence-corrected chi connectivity index (χ3v) is 4.85. The molecule has 210 valence electrons. The normalized spacial score (nSPS) is 18.6. The van der Waals surface area contributed by atoms with Crippen molar-refractivity contribution in [2.75, 3.05) is 14.2 Å². The number of ether oxygens (including phenoxy) is 2. The van der Waals surface area contributed by atoms with Gasteiger partial charge in [0, 0.05) is 12.6 Å². The number of benzene rings is 1. The number of carbonyl (C=O) groups excluding carboxylic acids is 3. The van der Waals surface area contributed by atoms with Crippen LogP contribution in [0.1, 0.15) is 59.6 Å². The highest BCUT2D eigenvalue weighted by atomic mass is 19.4. The topological polar surface area (TPSA) is 119 Å². The van der Waals surface area contributed by atoms with E-state index in [0.29, 0.717) is 5.06 Å². The number of likely N-dealkylation sites (N-methyl/N-ethyl adjacent to an activating group) is 1. The summed E-state index contributed by atoms with van der Waals surface area (Å²) in [5.74, 6) is -0.944. The number of halogens is 3. The highest BCUT2D eigenvalue weighted by molar-refractivity contribution is 6.38. The molecule has 38 heavy (non-hydrogen) atoms. The SMILES string of the molecule is CON=C(C)C1(N(OC(=O)OC(C)(C)C)C(=O)OC(C)(C)C)C(=O)N(C)N=C1c1ccc(C(F)(F)F)cc1. The maximum atomic E-state index is 13.7. The molecule has 14 heteroatoms. The molecular weight excluding hydrogens is 513 g/mol. The van der Waals surface area contributed by atoms with Crippen molar-refractivity contribution in [3.63, 3.8) is 0 Å². The van der Waals surface area contributed by atoms with Gasteiger partial charge in [0.05, 0.1) is 11.3 Å². The third kappa shape index (κ3) is 6.53. The van der Waals surface area contributed by atoms with Gasteiger partial charge in [-0.05, 0) is 60.6 Å². The molecule has 1 unspecified atom stereocenters. The van der Waals surface area contributed by atoms with Crippen molar-refractivity contribution in [3.05, 3.63) is 35.4 Å². The fourth-order valence-corrected chi connectivity index (χ4v) is 3.44. The number of oxime groups is 1. The van der Waals surface area contributed by atoms with Crippen LogP contribution in [0.4, 0.5) is 22.8 Å². The van der Waals surface area contributed by atoms with Gasteiger partial charge >= 0.3 is 18.4 Å². The summed E-state index contributed by atoms with van der Waals surface area (Å²) in [6.07, 6.45) is -7.31. The molecule has 11 nitrogen and oxygen atoms in total. The number of hydroxylamine groups is 2. The lowest BCUT2D eigenvalue weighted by Gasteiger charge is -2.38. The molecule has 1 aliphatic heterocycles. The van der Waals surface area contributed by atoms with E-state index in [1.165, 1.54) is 41.9 Å². The van der Waals surface area contributed by atoms with Gasteiger partial charge in [0.25, 0.3) is 5.91 Å². The summed E-state index contributed by atoms with van der Waals surface area (Å²) in [5, 5.41) is 9.12. The number of carbonyl (C=O) groups is 3. The molecule has 0 saturated carbocycles. The van der Waals surface area contributed by atoms with Crippen LogP contribution in [0.3, 0.4) is 0 Å². The van der Waals surface area contributed by atoms with Crippen LogP contribution in [0.5, 0.6) is 0 Å². The molecule has 1 aromatic carbocycles. The van der Waals surface area contributed by atoms with Gasteiger partial charge in [0.1, 0.15) is 24.0 Å². The molecule has 1 aliphatic rings. The summed E-state index contributed by atoms with van der Waals surface area (Å²) in [6.45, 7) is 10.5. The summed E-state index contributed by atoms with van der Waals surface area (Å²) in [7, 11) is 2.41. The Morgan fingerprint density at radius 2 is 1.53 bits per heavy atom. The molecule has 0 fully saturated rings. The third-order valence-electron chi connectivity index (χ3n) is 4.85. The highest BCUT2D eigenvalue weighted by Gasteiger charge is 2.63. The minimum atomic E-state index is -4.63. The van der Waals surface area contributed by atoms with Gasteiger partial charge in [-0.15, -0.1) is 5.06 Å². The van der Waals surface area contributed by atoms with Crippen LogP contribution in [0.2, 0.25) is 0 Å². The summed E-state index contributed by atoms with van der Waals surface area (Å²) < 4.78 is 50.2. The Hall–Kier alpha value is -3.84. The van der Waals surface area contributed by atoms with E-state index in [-0.39, 0.29) is 17.0 Å². The van der Waals surface area contributed by atoms with Crippen LogP contribution in [-0.2, 0) is 30.1 Å². The van der Waals surface area contributed by atoms with E-state index in [9.17, 15) is 27.6 Å². The van der Waals surface area contributed by atoms with Gasteiger partial charge in [-0.2, -0.15) is 18.3 Å². The smallest absolute Gasteiger partial charge is 0.442 e. The Morgan fingerprint density at radius 1 is 1.00 bits per heavy atom. The maximum Gasteiger partial charge on any atom is 0.534 e. The van der Waals surface area contributed by atoms with E-state index in [0.717, 1.165) is 29.3 Å². The number of hydrazone groups is 1. The first-order chi connectivity index (χ1) is 17.2. The van der Waals surface area contributed by atoms with Crippen molar-refractivity contribution in [2.45, 2.75) is 71.4 Å². The predicted octanol–water partition coefficient (Wildman–Crippen LogP) is 4.75. The molecule has 0 N–H and O–H groups in total. The molecule has 1 aromatic rings. The summed E-state index contributed by atoms with van der Waals surface area (Å²) in [6, 6.07) is 3.68. The summed E-state index contributed by atoms with van der Waals surface area (Å²) in [5.41, 5.74) is -6.12. The monoisotopic (exact) mass is 544 g/mol. The number of rotatable bonds is 4. The first-order valence-corrected chi connectivity index (χ1v) is 11.3. The minimum Gasteiger partial charge on any atom is -0.442 e. The average molecular weight is 545 g/mol. The second-order valence-electron chi connectivity index (χ2n) is 10.3. The molecule has 2 rings (SSSR count). The molecular formula is C24H31F3N4O7. The number of nitrogens with zero attached hydrogens (tertiary/aromatic N) is 4.